The Morgan fingerprint density at radius 3 is 2.95 bits per heavy atom. The number of carbonyl (C=O) groups is 1. The fourth-order valence-corrected chi connectivity index (χ4v) is 2.25. The second-order valence-corrected chi connectivity index (χ2v) is 5.52. The number of anilines is 1. The third kappa shape index (κ3) is 3.39. The molecule has 0 bridgehead atoms. The van der Waals surface area contributed by atoms with Crippen LogP contribution in [-0.4, -0.2) is 17.4 Å². The number of aromatic nitrogens is 1. The summed E-state index contributed by atoms with van der Waals surface area (Å²) in [5.74, 6) is -0.251. The van der Waals surface area contributed by atoms with Crippen molar-refractivity contribution in [3.63, 3.8) is 0 Å². The summed E-state index contributed by atoms with van der Waals surface area (Å²) in [4.78, 5) is 16.2. The molecule has 100 valence electrons. The Hall–Kier alpha value is -1.72. The number of hydrogen-bond acceptors (Lipinski definition) is 4. The quantitative estimate of drug-likeness (QED) is 0.901. The second-order valence-electron chi connectivity index (χ2n) is 4.46. The van der Waals surface area contributed by atoms with E-state index in [0.717, 1.165) is 22.0 Å². The van der Waals surface area contributed by atoms with Gasteiger partial charge in [0.05, 0.1) is 10.7 Å². The Morgan fingerprint density at radius 1 is 1.53 bits per heavy atom. The van der Waals surface area contributed by atoms with Gasteiger partial charge in [-0.05, 0) is 19.1 Å². The Labute approximate surface area is 116 Å². The summed E-state index contributed by atoms with van der Waals surface area (Å²) in [6, 6.07) is 7.68. The van der Waals surface area contributed by atoms with Gasteiger partial charge in [-0.3, -0.25) is 4.79 Å². The lowest BCUT2D eigenvalue weighted by molar-refractivity contribution is -0.119. The van der Waals surface area contributed by atoms with Gasteiger partial charge in [-0.15, -0.1) is 11.3 Å². The SMILES string of the molecule is Cc1nc(-c2cccc(NC(=O)C(C)CN)c2)cs1. The van der Waals surface area contributed by atoms with Crippen LogP contribution < -0.4 is 11.1 Å². The minimum atomic E-state index is -0.190. The Bertz CT molecular complexity index is 580. The van der Waals surface area contributed by atoms with Crippen LogP contribution in [0.25, 0.3) is 11.3 Å². The third-order valence-corrected chi connectivity index (χ3v) is 3.62. The van der Waals surface area contributed by atoms with Crippen molar-refractivity contribution in [1.82, 2.24) is 4.98 Å². The van der Waals surface area contributed by atoms with Gasteiger partial charge in [0.15, 0.2) is 0 Å². The smallest absolute Gasteiger partial charge is 0.228 e. The summed E-state index contributed by atoms with van der Waals surface area (Å²) in [7, 11) is 0. The number of benzene rings is 1. The fraction of sp³-hybridized carbons (Fsp3) is 0.286. The Balaban J connectivity index is 2.18. The van der Waals surface area contributed by atoms with E-state index >= 15 is 0 Å². The second kappa shape index (κ2) is 5.95. The summed E-state index contributed by atoms with van der Waals surface area (Å²) in [6.45, 7) is 4.13. The van der Waals surface area contributed by atoms with Crippen molar-refractivity contribution in [3.8, 4) is 11.3 Å². The number of nitrogens with one attached hydrogen (secondary N) is 1. The van der Waals surface area contributed by atoms with Crippen LogP contribution >= 0.6 is 11.3 Å². The number of carbonyl (C=O) groups excluding carboxylic acids is 1. The van der Waals surface area contributed by atoms with E-state index in [4.69, 9.17) is 5.73 Å². The van der Waals surface area contributed by atoms with E-state index in [1.54, 1.807) is 11.3 Å². The first-order valence-electron chi connectivity index (χ1n) is 6.13. The summed E-state index contributed by atoms with van der Waals surface area (Å²) in [5, 5.41) is 5.91. The highest BCUT2D eigenvalue weighted by molar-refractivity contribution is 7.09. The molecule has 2 aromatic rings. The van der Waals surface area contributed by atoms with Gasteiger partial charge in [0.25, 0.3) is 0 Å². The number of aryl methyl sites for hydroxylation is 1. The van der Waals surface area contributed by atoms with E-state index in [2.05, 4.69) is 10.3 Å². The van der Waals surface area contributed by atoms with Crippen molar-refractivity contribution in [3.05, 3.63) is 34.7 Å². The molecule has 0 spiro atoms. The normalized spacial score (nSPS) is 12.2. The zero-order valence-electron chi connectivity index (χ0n) is 11.0. The van der Waals surface area contributed by atoms with E-state index in [1.165, 1.54) is 0 Å². The fourth-order valence-electron chi connectivity index (χ4n) is 1.62. The van der Waals surface area contributed by atoms with Crippen LogP contribution in [0, 0.1) is 12.8 Å². The minimum absolute atomic E-state index is 0.0610. The first-order valence-corrected chi connectivity index (χ1v) is 7.01. The number of hydrogen-bond donors (Lipinski definition) is 2. The molecule has 0 radical (unpaired) electrons. The molecule has 1 atom stereocenters. The van der Waals surface area contributed by atoms with E-state index in [1.807, 2.05) is 43.5 Å². The maximum Gasteiger partial charge on any atom is 0.228 e. The first-order chi connectivity index (χ1) is 9.10. The predicted molar refractivity (Wildman–Crippen MR) is 79.1 cm³/mol. The third-order valence-electron chi connectivity index (χ3n) is 2.85. The highest BCUT2D eigenvalue weighted by Gasteiger charge is 2.11. The van der Waals surface area contributed by atoms with Crippen molar-refractivity contribution in [2.75, 3.05) is 11.9 Å². The molecule has 1 heterocycles. The molecule has 19 heavy (non-hydrogen) atoms. The average Bonchev–Trinajstić information content (AvgIpc) is 2.84. The molecule has 0 aliphatic heterocycles. The predicted octanol–water partition coefficient (Wildman–Crippen LogP) is 2.65. The maximum atomic E-state index is 11.8. The molecule has 0 aliphatic rings. The molecule has 1 aromatic heterocycles. The molecule has 4 nitrogen and oxygen atoms in total. The molecule has 0 saturated carbocycles. The Morgan fingerprint density at radius 2 is 2.32 bits per heavy atom. The summed E-state index contributed by atoms with van der Waals surface area (Å²) in [6.07, 6.45) is 0. The Kier molecular flexibility index (Phi) is 4.29. The molecule has 0 aliphatic carbocycles. The molecule has 1 amide bonds. The number of thiazole rings is 1. The first kappa shape index (κ1) is 13.7. The van der Waals surface area contributed by atoms with Crippen LogP contribution in [-0.2, 0) is 4.79 Å². The average molecular weight is 275 g/mol. The lowest BCUT2D eigenvalue weighted by Crippen LogP contribution is -2.26. The highest BCUT2D eigenvalue weighted by Crippen LogP contribution is 2.24. The molecule has 2 rings (SSSR count). The lowest BCUT2D eigenvalue weighted by Gasteiger charge is -2.10. The standard InChI is InChI=1S/C14H17N3OS/c1-9(7-15)14(18)17-12-5-3-4-11(6-12)13-8-19-10(2)16-13/h3-6,8-9H,7,15H2,1-2H3,(H,17,18). The van der Waals surface area contributed by atoms with Crippen LogP contribution in [0.15, 0.2) is 29.6 Å². The lowest BCUT2D eigenvalue weighted by atomic mass is 10.1. The van der Waals surface area contributed by atoms with Crippen LogP contribution in [0.5, 0.6) is 0 Å². The monoisotopic (exact) mass is 275 g/mol. The zero-order chi connectivity index (χ0) is 13.8. The maximum absolute atomic E-state index is 11.8. The van der Waals surface area contributed by atoms with E-state index < -0.39 is 0 Å². The topological polar surface area (TPSA) is 68.0 Å². The van der Waals surface area contributed by atoms with Gasteiger partial charge >= 0.3 is 0 Å². The van der Waals surface area contributed by atoms with Crippen molar-refractivity contribution < 1.29 is 4.79 Å². The van der Waals surface area contributed by atoms with E-state index in [0.29, 0.717) is 6.54 Å². The minimum Gasteiger partial charge on any atom is -0.330 e. The number of amides is 1. The van der Waals surface area contributed by atoms with Gasteiger partial charge in [0, 0.05) is 29.1 Å². The number of nitrogens with zero attached hydrogens (tertiary/aromatic N) is 1. The van der Waals surface area contributed by atoms with Crippen molar-refractivity contribution in [2.24, 2.45) is 11.7 Å². The largest absolute Gasteiger partial charge is 0.330 e. The van der Waals surface area contributed by atoms with Crippen LogP contribution in [0.1, 0.15) is 11.9 Å². The van der Waals surface area contributed by atoms with Crippen LogP contribution in [0.2, 0.25) is 0 Å². The van der Waals surface area contributed by atoms with Gasteiger partial charge in [-0.2, -0.15) is 0 Å². The van der Waals surface area contributed by atoms with Crippen molar-refractivity contribution >= 4 is 22.9 Å². The number of nitrogens with two attached hydrogens (primary N) is 1. The molecule has 5 heteroatoms. The van der Waals surface area contributed by atoms with Gasteiger partial charge in [0.2, 0.25) is 5.91 Å². The van der Waals surface area contributed by atoms with E-state index in [9.17, 15) is 4.79 Å². The molecule has 0 saturated heterocycles. The van der Waals surface area contributed by atoms with Gasteiger partial charge in [-0.25, -0.2) is 4.98 Å². The molecule has 1 aromatic carbocycles. The van der Waals surface area contributed by atoms with Crippen LogP contribution in [0.3, 0.4) is 0 Å². The van der Waals surface area contributed by atoms with Crippen molar-refractivity contribution in [1.29, 1.82) is 0 Å². The zero-order valence-corrected chi connectivity index (χ0v) is 11.8. The van der Waals surface area contributed by atoms with Gasteiger partial charge in [0.1, 0.15) is 0 Å². The molecule has 3 N–H and O–H groups in total. The summed E-state index contributed by atoms with van der Waals surface area (Å²) in [5.41, 5.74) is 8.19. The summed E-state index contributed by atoms with van der Waals surface area (Å²) >= 11 is 1.61. The molecule has 1 unspecified atom stereocenters. The van der Waals surface area contributed by atoms with Crippen molar-refractivity contribution in [2.45, 2.75) is 13.8 Å². The van der Waals surface area contributed by atoms with E-state index in [-0.39, 0.29) is 11.8 Å². The number of rotatable bonds is 4. The van der Waals surface area contributed by atoms with Gasteiger partial charge in [-0.1, -0.05) is 19.1 Å². The molecular formula is C14H17N3OS. The highest BCUT2D eigenvalue weighted by atomic mass is 32.1. The summed E-state index contributed by atoms with van der Waals surface area (Å²) < 4.78 is 0. The molecule has 0 fully saturated rings. The van der Waals surface area contributed by atoms with Crippen LogP contribution in [0.4, 0.5) is 5.69 Å². The molecular weight excluding hydrogens is 258 g/mol. The van der Waals surface area contributed by atoms with Gasteiger partial charge < -0.3 is 11.1 Å².